The van der Waals surface area contributed by atoms with Gasteiger partial charge in [0.15, 0.2) is 0 Å². The van der Waals surface area contributed by atoms with Crippen LogP contribution >= 0.6 is 0 Å². The van der Waals surface area contributed by atoms with E-state index in [2.05, 4.69) is 29.1 Å². The Labute approximate surface area is 149 Å². The Hall–Kier alpha value is -2.05. The largest absolute Gasteiger partial charge is 0.453 e. The molecule has 0 aromatic carbocycles. The van der Waals surface area contributed by atoms with E-state index < -0.39 is 17.6 Å². The zero-order valence-electron chi connectivity index (χ0n) is 16.0. The number of likely N-dealkylation sites (tertiary alicyclic amines) is 1. The quantitative estimate of drug-likeness (QED) is 0.874. The van der Waals surface area contributed by atoms with E-state index in [9.17, 15) is 9.59 Å². The number of aromatic nitrogens is 2. The number of rotatable bonds is 4. The molecule has 7 heteroatoms. The van der Waals surface area contributed by atoms with E-state index in [1.54, 1.807) is 0 Å². The molecule has 1 saturated heterocycles. The number of hydrogen-bond donors (Lipinski definition) is 2. The van der Waals surface area contributed by atoms with E-state index in [1.807, 2.05) is 31.9 Å². The maximum atomic E-state index is 13.2. The summed E-state index contributed by atoms with van der Waals surface area (Å²) in [4.78, 5) is 34.5. The van der Waals surface area contributed by atoms with Gasteiger partial charge < -0.3 is 19.9 Å². The average Bonchev–Trinajstić information content (AvgIpc) is 3.18. The van der Waals surface area contributed by atoms with Crippen LogP contribution in [0, 0.1) is 5.41 Å². The van der Waals surface area contributed by atoms with Crippen molar-refractivity contribution in [3.05, 3.63) is 17.7 Å². The van der Waals surface area contributed by atoms with Crippen molar-refractivity contribution in [3.63, 3.8) is 0 Å². The number of H-pyrrole nitrogens is 1. The highest BCUT2D eigenvalue weighted by molar-refractivity contribution is 5.87. The molecule has 25 heavy (non-hydrogen) atoms. The molecule has 0 spiro atoms. The van der Waals surface area contributed by atoms with Crippen LogP contribution in [-0.4, -0.2) is 46.6 Å². The van der Waals surface area contributed by atoms with Gasteiger partial charge in [-0.25, -0.2) is 9.78 Å². The molecule has 0 radical (unpaired) electrons. The lowest BCUT2D eigenvalue weighted by atomic mass is 9.85. The minimum atomic E-state index is -0.653. The van der Waals surface area contributed by atoms with Crippen molar-refractivity contribution in [1.82, 2.24) is 20.2 Å². The average molecular weight is 350 g/mol. The minimum Gasteiger partial charge on any atom is -0.453 e. The predicted molar refractivity (Wildman–Crippen MR) is 95.1 cm³/mol. The Bertz CT molecular complexity index is 618. The van der Waals surface area contributed by atoms with Crippen molar-refractivity contribution < 1.29 is 14.3 Å². The number of ether oxygens (including phenoxy) is 1. The van der Waals surface area contributed by atoms with Crippen molar-refractivity contribution in [2.45, 2.75) is 65.5 Å². The molecule has 0 unspecified atom stereocenters. The lowest BCUT2D eigenvalue weighted by Gasteiger charge is -2.35. The van der Waals surface area contributed by atoms with Crippen LogP contribution in [-0.2, 0) is 9.53 Å². The first-order valence-corrected chi connectivity index (χ1v) is 8.85. The van der Waals surface area contributed by atoms with Gasteiger partial charge in [-0.2, -0.15) is 0 Å². The third-order valence-corrected chi connectivity index (χ3v) is 4.65. The van der Waals surface area contributed by atoms with Gasteiger partial charge in [-0.15, -0.1) is 0 Å². The molecule has 2 atom stereocenters. The van der Waals surface area contributed by atoms with Gasteiger partial charge in [0, 0.05) is 18.4 Å². The van der Waals surface area contributed by atoms with E-state index in [1.165, 1.54) is 7.11 Å². The summed E-state index contributed by atoms with van der Waals surface area (Å²) >= 11 is 0. The Morgan fingerprint density at radius 3 is 2.60 bits per heavy atom. The standard InChI is InChI=1S/C18H30N4O3/c1-11(2)12-10-19-15(20-12)13-8-7-9-22(13)16(23)14(18(3,4)5)21-17(24)25-6/h10-11,13-14H,7-9H2,1-6H3,(H,19,20)(H,21,24)/t13-,14+/m0/s1. The highest BCUT2D eigenvalue weighted by Gasteiger charge is 2.41. The lowest BCUT2D eigenvalue weighted by molar-refractivity contribution is -0.137. The van der Waals surface area contributed by atoms with Crippen LogP contribution < -0.4 is 5.32 Å². The van der Waals surface area contributed by atoms with E-state index in [0.717, 1.165) is 24.4 Å². The number of aromatic amines is 1. The molecule has 140 valence electrons. The first-order valence-electron chi connectivity index (χ1n) is 8.85. The molecule has 1 aromatic rings. The van der Waals surface area contributed by atoms with Gasteiger partial charge in [-0.1, -0.05) is 34.6 Å². The van der Waals surface area contributed by atoms with E-state index in [-0.39, 0.29) is 11.9 Å². The number of nitrogens with zero attached hydrogens (tertiary/aromatic N) is 2. The van der Waals surface area contributed by atoms with Crippen LogP contribution in [0.2, 0.25) is 0 Å². The summed E-state index contributed by atoms with van der Waals surface area (Å²) in [5.74, 6) is 1.08. The summed E-state index contributed by atoms with van der Waals surface area (Å²) < 4.78 is 4.69. The Morgan fingerprint density at radius 1 is 1.40 bits per heavy atom. The van der Waals surface area contributed by atoms with Gasteiger partial charge in [0.2, 0.25) is 5.91 Å². The molecule has 7 nitrogen and oxygen atoms in total. The zero-order chi connectivity index (χ0) is 18.8. The van der Waals surface area contributed by atoms with E-state index >= 15 is 0 Å². The minimum absolute atomic E-state index is 0.0794. The second kappa shape index (κ2) is 7.45. The van der Waals surface area contributed by atoms with Crippen LogP contribution in [0.3, 0.4) is 0 Å². The first kappa shape index (κ1) is 19.3. The van der Waals surface area contributed by atoms with Gasteiger partial charge in [0.05, 0.1) is 13.2 Å². The molecule has 1 aliphatic rings. The fraction of sp³-hybridized carbons (Fsp3) is 0.722. The SMILES string of the molecule is COC(=O)N[C@H](C(=O)N1CCC[C@H]1c1ncc(C(C)C)[nH]1)C(C)(C)C. The fourth-order valence-corrected chi connectivity index (χ4v) is 3.12. The molecule has 2 amide bonds. The summed E-state index contributed by atoms with van der Waals surface area (Å²) in [6.07, 6.45) is 3.04. The van der Waals surface area contributed by atoms with Crippen LogP contribution in [0.4, 0.5) is 4.79 Å². The third kappa shape index (κ3) is 4.32. The van der Waals surface area contributed by atoms with Gasteiger partial charge in [0.1, 0.15) is 11.9 Å². The van der Waals surface area contributed by atoms with E-state index in [0.29, 0.717) is 12.5 Å². The maximum Gasteiger partial charge on any atom is 0.407 e. The predicted octanol–water partition coefficient (Wildman–Crippen LogP) is 2.97. The summed E-state index contributed by atoms with van der Waals surface area (Å²) in [5, 5.41) is 2.70. The molecule has 1 aliphatic heterocycles. The molecule has 0 bridgehead atoms. The molecular formula is C18H30N4O3. The Kier molecular flexibility index (Phi) is 5.75. The van der Waals surface area contributed by atoms with Crippen LogP contribution in [0.5, 0.6) is 0 Å². The Morgan fingerprint density at radius 2 is 2.08 bits per heavy atom. The number of carbonyl (C=O) groups is 2. The highest BCUT2D eigenvalue weighted by Crippen LogP contribution is 2.33. The second-order valence-electron chi connectivity index (χ2n) is 8.00. The van der Waals surface area contributed by atoms with Gasteiger partial charge in [0.25, 0.3) is 0 Å². The van der Waals surface area contributed by atoms with Crippen molar-refractivity contribution in [2.24, 2.45) is 5.41 Å². The molecule has 2 rings (SSSR count). The smallest absolute Gasteiger partial charge is 0.407 e. The molecule has 2 heterocycles. The topological polar surface area (TPSA) is 87.3 Å². The molecule has 0 saturated carbocycles. The number of amides is 2. The summed E-state index contributed by atoms with van der Waals surface area (Å²) in [6.45, 7) is 10.7. The van der Waals surface area contributed by atoms with Crippen LogP contribution in [0.25, 0.3) is 0 Å². The van der Waals surface area contributed by atoms with Gasteiger partial charge in [-0.3, -0.25) is 4.79 Å². The molecule has 1 aromatic heterocycles. The number of alkyl carbamates (subject to hydrolysis) is 1. The molecule has 2 N–H and O–H groups in total. The summed E-state index contributed by atoms with van der Waals surface area (Å²) in [6, 6.07) is -0.732. The molecular weight excluding hydrogens is 320 g/mol. The number of imidazole rings is 1. The zero-order valence-corrected chi connectivity index (χ0v) is 16.0. The van der Waals surface area contributed by atoms with Gasteiger partial charge in [-0.05, 0) is 24.2 Å². The van der Waals surface area contributed by atoms with E-state index in [4.69, 9.17) is 4.74 Å². The third-order valence-electron chi connectivity index (χ3n) is 4.65. The number of carbonyl (C=O) groups excluding carboxylic acids is 2. The molecule has 0 aliphatic carbocycles. The van der Waals surface area contributed by atoms with Crippen LogP contribution in [0.15, 0.2) is 6.20 Å². The second-order valence-corrected chi connectivity index (χ2v) is 8.00. The number of hydrogen-bond acceptors (Lipinski definition) is 4. The Balaban J connectivity index is 2.23. The van der Waals surface area contributed by atoms with Crippen LogP contribution in [0.1, 0.15) is 70.9 Å². The first-order chi connectivity index (χ1) is 11.6. The maximum absolute atomic E-state index is 13.2. The van der Waals surface area contributed by atoms with Crippen molar-refractivity contribution in [2.75, 3.05) is 13.7 Å². The summed E-state index contributed by atoms with van der Waals surface area (Å²) in [7, 11) is 1.30. The number of nitrogens with one attached hydrogen (secondary N) is 2. The number of methoxy groups -OCH3 is 1. The normalized spacial score (nSPS) is 19.2. The molecule has 1 fully saturated rings. The van der Waals surface area contributed by atoms with Gasteiger partial charge >= 0.3 is 6.09 Å². The van der Waals surface area contributed by atoms with Crippen molar-refractivity contribution in [1.29, 1.82) is 0 Å². The summed E-state index contributed by atoms with van der Waals surface area (Å²) in [5.41, 5.74) is 0.638. The fourth-order valence-electron chi connectivity index (χ4n) is 3.12. The highest BCUT2D eigenvalue weighted by atomic mass is 16.5. The van der Waals surface area contributed by atoms with Crippen molar-refractivity contribution >= 4 is 12.0 Å². The lowest BCUT2D eigenvalue weighted by Crippen LogP contribution is -2.54. The monoisotopic (exact) mass is 350 g/mol. The van der Waals surface area contributed by atoms with Crippen molar-refractivity contribution in [3.8, 4) is 0 Å².